The van der Waals surface area contributed by atoms with Gasteiger partial charge in [-0.05, 0) is 36.4 Å². The van der Waals surface area contributed by atoms with Gasteiger partial charge in [-0.15, -0.1) is 0 Å². The van der Waals surface area contributed by atoms with Crippen LogP contribution in [-0.2, 0) is 10.0 Å². The van der Waals surface area contributed by atoms with Crippen LogP contribution in [0.15, 0.2) is 67.1 Å². The summed E-state index contributed by atoms with van der Waals surface area (Å²) in [6, 6.07) is 11.4. The van der Waals surface area contributed by atoms with Gasteiger partial charge in [-0.3, -0.25) is 23.7 Å². The molecule has 0 aliphatic carbocycles. The lowest BCUT2D eigenvalue weighted by Gasteiger charge is -2.21. The molecule has 4 aromatic rings. The van der Waals surface area contributed by atoms with Crippen molar-refractivity contribution in [2.75, 3.05) is 33.1 Å². The lowest BCUT2D eigenvalue weighted by Crippen LogP contribution is -2.29. The summed E-state index contributed by atoms with van der Waals surface area (Å²) >= 11 is 0. The highest BCUT2D eigenvalue weighted by molar-refractivity contribution is 7.92. The number of primary amides is 1. The summed E-state index contributed by atoms with van der Waals surface area (Å²) in [4.78, 5) is 50.9. The van der Waals surface area contributed by atoms with Gasteiger partial charge in [0.1, 0.15) is 17.2 Å². The van der Waals surface area contributed by atoms with Gasteiger partial charge in [0.25, 0.3) is 17.7 Å². The van der Waals surface area contributed by atoms with Crippen molar-refractivity contribution in [1.82, 2.24) is 15.0 Å². The number of rotatable bonds is 8. The highest BCUT2D eigenvalue weighted by Gasteiger charge is 2.37. The number of anilines is 6. The number of nitrogens with two attached hydrogens (primary N) is 1. The number of benzene rings is 2. The minimum absolute atomic E-state index is 0.0879. The van der Waals surface area contributed by atoms with Crippen LogP contribution < -0.4 is 25.6 Å². The van der Waals surface area contributed by atoms with E-state index in [0.717, 1.165) is 27.7 Å². The second-order valence-electron chi connectivity index (χ2n) is 8.85. The number of carbonyl (C=O) groups is 3. The molecule has 15 heteroatoms. The molecule has 0 radical (unpaired) electrons. The molecule has 0 atom stereocenters. The molecule has 3 heterocycles. The molecule has 0 saturated heterocycles. The largest absolute Gasteiger partial charge is 0.365 e. The molecule has 2 aromatic heterocycles. The number of carbonyl (C=O) groups excluding carboxylic acids is 3. The monoisotopic (exact) mass is 576 g/mol. The highest BCUT2D eigenvalue weighted by Crippen LogP contribution is 2.33. The zero-order chi connectivity index (χ0) is 29.5. The maximum atomic E-state index is 14.8. The van der Waals surface area contributed by atoms with E-state index in [1.54, 1.807) is 24.3 Å². The van der Waals surface area contributed by atoms with Crippen LogP contribution in [0.2, 0.25) is 0 Å². The molecule has 2 aromatic carbocycles. The molecule has 0 saturated carbocycles. The van der Waals surface area contributed by atoms with E-state index in [9.17, 15) is 27.2 Å². The van der Waals surface area contributed by atoms with Crippen molar-refractivity contribution < 1.29 is 27.2 Å². The summed E-state index contributed by atoms with van der Waals surface area (Å²) in [5.74, 6) is -3.08. The van der Waals surface area contributed by atoms with E-state index in [1.165, 1.54) is 37.6 Å². The van der Waals surface area contributed by atoms with E-state index in [1.807, 2.05) is 0 Å². The van der Waals surface area contributed by atoms with E-state index in [0.29, 0.717) is 0 Å². The second-order valence-corrected chi connectivity index (χ2v) is 10.9. The number of hydrogen-bond acceptors (Lipinski definition) is 10. The van der Waals surface area contributed by atoms with E-state index < -0.39 is 33.6 Å². The number of sulfonamides is 1. The molecular formula is C26H21FN8O5S. The van der Waals surface area contributed by atoms with Crippen LogP contribution in [-0.4, -0.2) is 54.4 Å². The molecule has 13 nitrogen and oxygen atoms in total. The minimum atomic E-state index is -3.63. The molecule has 41 heavy (non-hydrogen) atoms. The van der Waals surface area contributed by atoms with Crippen molar-refractivity contribution in [3.8, 4) is 0 Å². The number of imide groups is 1. The molecule has 0 fully saturated rings. The van der Waals surface area contributed by atoms with Gasteiger partial charge >= 0.3 is 0 Å². The lowest BCUT2D eigenvalue weighted by atomic mass is 10.2. The van der Waals surface area contributed by atoms with Crippen LogP contribution in [0.5, 0.6) is 0 Å². The predicted molar refractivity (Wildman–Crippen MR) is 149 cm³/mol. The summed E-state index contributed by atoms with van der Waals surface area (Å²) in [6.45, 7) is 0. The van der Waals surface area contributed by atoms with Crippen molar-refractivity contribution in [3.63, 3.8) is 0 Å². The van der Waals surface area contributed by atoms with Gasteiger partial charge in [0.15, 0.2) is 0 Å². The molecule has 0 unspecified atom stereocenters. The summed E-state index contributed by atoms with van der Waals surface area (Å²) in [5, 5.41) is 5.58. The Hall–Kier alpha value is -5.44. The Morgan fingerprint density at radius 2 is 1.73 bits per heavy atom. The Labute approximate surface area is 232 Å². The normalized spacial score (nSPS) is 12.7. The van der Waals surface area contributed by atoms with Crippen molar-refractivity contribution in [3.05, 3.63) is 89.6 Å². The van der Waals surface area contributed by atoms with Gasteiger partial charge in [0, 0.05) is 25.6 Å². The Morgan fingerprint density at radius 3 is 2.44 bits per heavy atom. The third kappa shape index (κ3) is 5.12. The molecule has 0 bridgehead atoms. The van der Waals surface area contributed by atoms with E-state index in [-0.39, 0.29) is 51.2 Å². The van der Waals surface area contributed by atoms with E-state index >= 15 is 0 Å². The van der Waals surface area contributed by atoms with Crippen LogP contribution in [0.1, 0.15) is 31.1 Å². The molecular weight excluding hydrogens is 555 g/mol. The number of pyridine rings is 1. The first-order valence-electron chi connectivity index (χ1n) is 11.8. The smallest absolute Gasteiger partial charge is 0.267 e. The molecule has 4 N–H and O–H groups in total. The summed E-state index contributed by atoms with van der Waals surface area (Å²) in [6.07, 6.45) is 4.82. The lowest BCUT2D eigenvalue weighted by molar-refractivity contribution is 0.0924. The summed E-state index contributed by atoms with van der Waals surface area (Å²) in [5.41, 5.74) is 6.12. The maximum absolute atomic E-state index is 14.8. The third-order valence-electron chi connectivity index (χ3n) is 6.19. The van der Waals surface area contributed by atoms with Gasteiger partial charge < -0.3 is 16.4 Å². The first kappa shape index (κ1) is 27.1. The number of nitrogens with one attached hydrogen (secondary N) is 2. The summed E-state index contributed by atoms with van der Waals surface area (Å²) < 4.78 is 40.1. The standard InChI is InChI=1S/C26H21FN8O5S/c1-34(41(2,39)40)21-6-4-3-5-19(21)31-23-17(22(28)36)13-30-26(33-23)32-20-11-14(7-8-18(20)27)35-24(37)15-9-10-29-12-16(15)25(35)38/h3-13H,1-2H3,(H2,28,36)(H2,30,31,32,33). The average molecular weight is 577 g/mol. The third-order valence-corrected chi connectivity index (χ3v) is 7.38. The van der Waals surface area contributed by atoms with Gasteiger partial charge in [-0.2, -0.15) is 4.98 Å². The Kier molecular flexibility index (Phi) is 6.80. The van der Waals surface area contributed by atoms with Crippen LogP contribution in [0.4, 0.5) is 38.9 Å². The fourth-order valence-electron chi connectivity index (χ4n) is 4.07. The van der Waals surface area contributed by atoms with Gasteiger partial charge in [0.2, 0.25) is 16.0 Å². The quantitative estimate of drug-likeness (QED) is 0.264. The number of nitrogens with zero attached hydrogens (tertiary/aromatic N) is 5. The average Bonchev–Trinajstić information content (AvgIpc) is 3.19. The van der Waals surface area contributed by atoms with E-state index in [4.69, 9.17) is 5.73 Å². The fraction of sp³-hybridized carbons (Fsp3) is 0.0769. The maximum Gasteiger partial charge on any atom is 0.267 e. The molecule has 0 spiro atoms. The Bertz CT molecular complexity index is 1810. The Morgan fingerprint density at radius 1 is 1.00 bits per heavy atom. The fourth-order valence-corrected chi connectivity index (χ4v) is 4.58. The highest BCUT2D eigenvalue weighted by atomic mass is 32.2. The SMILES string of the molecule is CN(c1ccccc1Nc1nc(Nc2cc(N3C(=O)c4ccncc4C3=O)ccc2F)ncc1C(N)=O)S(C)(=O)=O. The van der Waals surface area contributed by atoms with Crippen molar-refractivity contribution >= 4 is 62.3 Å². The zero-order valence-corrected chi connectivity index (χ0v) is 22.3. The number of halogens is 1. The van der Waals surface area contributed by atoms with Crippen LogP contribution >= 0.6 is 0 Å². The number of amides is 3. The minimum Gasteiger partial charge on any atom is -0.365 e. The van der Waals surface area contributed by atoms with Crippen molar-refractivity contribution in [2.45, 2.75) is 0 Å². The van der Waals surface area contributed by atoms with Crippen LogP contribution in [0.3, 0.4) is 0 Å². The predicted octanol–water partition coefficient (Wildman–Crippen LogP) is 2.79. The molecule has 1 aliphatic rings. The molecule has 3 amide bonds. The number of fused-ring (bicyclic) bond motifs is 1. The topological polar surface area (TPSA) is 181 Å². The molecule has 5 rings (SSSR count). The van der Waals surface area contributed by atoms with Crippen molar-refractivity contribution in [2.24, 2.45) is 5.73 Å². The summed E-state index contributed by atoms with van der Waals surface area (Å²) in [7, 11) is -2.27. The molecule has 208 valence electrons. The zero-order valence-electron chi connectivity index (χ0n) is 21.5. The van der Waals surface area contributed by atoms with Crippen molar-refractivity contribution in [1.29, 1.82) is 0 Å². The Balaban J connectivity index is 1.48. The number of hydrogen-bond donors (Lipinski definition) is 3. The first-order chi connectivity index (χ1) is 19.5. The number of para-hydroxylation sites is 2. The van der Waals surface area contributed by atoms with Crippen LogP contribution in [0, 0.1) is 5.82 Å². The first-order valence-corrected chi connectivity index (χ1v) is 13.7. The number of aromatic nitrogens is 3. The van der Waals surface area contributed by atoms with Gasteiger partial charge in [0.05, 0.1) is 40.1 Å². The van der Waals surface area contributed by atoms with Crippen LogP contribution in [0.25, 0.3) is 0 Å². The van der Waals surface area contributed by atoms with Gasteiger partial charge in [-0.25, -0.2) is 22.7 Å². The molecule has 1 aliphatic heterocycles. The second kappa shape index (κ2) is 10.3. The van der Waals surface area contributed by atoms with E-state index in [2.05, 4.69) is 25.6 Å². The van der Waals surface area contributed by atoms with Gasteiger partial charge in [-0.1, -0.05) is 12.1 Å².